The normalized spacial score (nSPS) is 12.5. The third-order valence-corrected chi connectivity index (χ3v) is 2.69. The van der Waals surface area contributed by atoms with Crippen LogP contribution < -0.4 is 0 Å². The molecular formula is C13H18N2. The maximum atomic E-state index is 8.82. The molecule has 0 spiro atoms. The Labute approximate surface area is 92.1 Å². The molecule has 0 saturated carbocycles. The van der Waals surface area contributed by atoms with Gasteiger partial charge in [0.25, 0.3) is 0 Å². The molecule has 1 atom stereocenters. The van der Waals surface area contributed by atoms with E-state index in [2.05, 4.69) is 43.0 Å². The highest BCUT2D eigenvalue weighted by Crippen LogP contribution is 2.25. The average molecular weight is 202 g/mol. The lowest BCUT2D eigenvalue weighted by Gasteiger charge is -2.24. The molecule has 15 heavy (non-hydrogen) atoms. The minimum absolute atomic E-state index is 0.204. The quantitative estimate of drug-likeness (QED) is 0.753. The Balaban J connectivity index is 3.07. The summed E-state index contributed by atoms with van der Waals surface area (Å²) < 4.78 is 0. The van der Waals surface area contributed by atoms with E-state index in [0.29, 0.717) is 6.42 Å². The largest absolute Gasteiger partial charge is 0.301 e. The Morgan fingerprint density at radius 2 is 2.00 bits per heavy atom. The third kappa shape index (κ3) is 2.81. The van der Waals surface area contributed by atoms with Crippen molar-refractivity contribution in [2.24, 2.45) is 0 Å². The molecule has 0 aliphatic heterocycles. The van der Waals surface area contributed by atoms with Crippen LogP contribution in [-0.2, 0) is 0 Å². The van der Waals surface area contributed by atoms with Gasteiger partial charge in [-0.1, -0.05) is 23.8 Å². The van der Waals surface area contributed by atoms with E-state index < -0.39 is 0 Å². The van der Waals surface area contributed by atoms with Crippen molar-refractivity contribution in [3.8, 4) is 6.07 Å². The zero-order valence-electron chi connectivity index (χ0n) is 9.91. The van der Waals surface area contributed by atoms with E-state index in [4.69, 9.17) is 5.26 Å². The minimum Gasteiger partial charge on any atom is -0.301 e. The fourth-order valence-corrected chi connectivity index (χ4v) is 1.86. The average Bonchev–Trinajstić information content (AvgIpc) is 2.15. The van der Waals surface area contributed by atoms with E-state index in [9.17, 15) is 0 Å². The lowest BCUT2D eigenvalue weighted by molar-refractivity contribution is 0.302. The Morgan fingerprint density at radius 1 is 1.33 bits per heavy atom. The molecule has 0 amide bonds. The number of aryl methyl sites for hydroxylation is 2. The number of benzene rings is 1. The fraction of sp³-hybridized carbons (Fsp3) is 0.462. The van der Waals surface area contributed by atoms with Crippen LogP contribution in [0.15, 0.2) is 18.2 Å². The van der Waals surface area contributed by atoms with Crippen LogP contribution in [0.1, 0.15) is 29.2 Å². The minimum atomic E-state index is 0.204. The zero-order valence-corrected chi connectivity index (χ0v) is 9.91. The van der Waals surface area contributed by atoms with Crippen LogP contribution in [0.5, 0.6) is 0 Å². The first-order valence-corrected chi connectivity index (χ1v) is 5.16. The molecule has 1 rings (SSSR count). The van der Waals surface area contributed by atoms with Gasteiger partial charge in [0.15, 0.2) is 0 Å². The van der Waals surface area contributed by atoms with Gasteiger partial charge in [-0.3, -0.25) is 0 Å². The summed E-state index contributed by atoms with van der Waals surface area (Å²) >= 11 is 0. The van der Waals surface area contributed by atoms with E-state index in [1.807, 2.05) is 14.1 Å². The standard InChI is InChI=1S/C13H18N2/c1-10-5-6-12(11(2)9-10)13(7-8-14)15(3)4/h5-6,9,13H,7H2,1-4H3. The molecule has 0 aliphatic carbocycles. The van der Waals surface area contributed by atoms with Gasteiger partial charge in [-0.05, 0) is 39.1 Å². The van der Waals surface area contributed by atoms with Crippen molar-refractivity contribution in [3.05, 3.63) is 34.9 Å². The summed E-state index contributed by atoms with van der Waals surface area (Å²) in [6, 6.07) is 8.86. The molecule has 0 fully saturated rings. The number of nitriles is 1. The van der Waals surface area contributed by atoms with Crippen LogP contribution in [0, 0.1) is 25.2 Å². The van der Waals surface area contributed by atoms with Crippen LogP contribution in [0.3, 0.4) is 0 Å². The Morgan fingerprint density at radius 3 is 2.47 bits per heavy atom. The lowest BCUT2D eigenvalue weighted by Crippen LogP contribution is -2.20. The molecule has 0 saturated heterocycles. The van der Waals surface area contributed by atoms with Crippen LogP contribution in [0.2, 0.25) is 0 Å². The molecule has 0 N–H and O–H groups in total. The zero-order chi connectivity index (χ0) is 11.4. The van der Waals surface area contributed by atoms with Crippen molar-refractivity contribution in [2.75, 3.05) is 14.1 Å². The van der Waals surface area contributed by atoms with Gasteiger partial charge in [-0.15, -0.1) is 0 Å². The van der Waals surface area contributed by atoms with Crippen molar-refractivity contribution >= 4 is 0 Å². The van der Waals surface area contributed by atoms with Gasteiger partial charge in [0, 0.05) is 6.04 Å². The molecule has 2 nitrogen and oxygen atoms in total. The molecule has 1 unspecified atom stereocenters. The van der Waals surface area contributed by atoms with Crippen molar-refractivity contribution in [1.82, 2.24) is 4.90 Å². The summed E-state index contributed by atoms with van der Waals surface area (Å²) in [5, 5.41) is 8.82. The molecule has 1 aromatic carbocycles. The second-order valence-electron chi connectivity index (χ2n) is 4.20. The first kappa shape index (κ1) is 11.7. The van der Waals surface area contributed by atoms with Gasteiger partial charge in [-0.25, -0.2) is 0 Å². The molecule has 0 aromatic heterocycles. The number of hydrogen-bond donors (Lipinski definition) is 0. The van der Waals surface area contributed by atoms with Gasteiger partial charge >= 0.3 is 0 Å². The van der Waals surface area contributed by atoms with E-state index in [-0.39, 0.29) is 6.04 Å². The molecule has 0 radical (unpaired) electrons. The highest BCUT2D eigenvalue weighted by Gasteiger charge is 2.15. The van der Waals surface area contributed by atoms with Crippen LogP contribution in [0.25, 0.3) is 0 Å². The monoisotopic (exact) mass is 202 g/mol. The van der Waals surface area contributed by atoms with Gasteiger partial charge in [0.1, 0.15) is 0 Å². The lowest BCUT2D eigenvalue weighted by atomic mass is 9.97. The SMILES string of the molecule is Cc1ccc(C(CC#N)N(C)C)c(C)c1. The first-order chi connectivity index (χ1) is 7.06. The molecular weight excluding hydrogens is 184 g/mol. The van der Waals surface area contributed by atoms with Crippen LogP contribution >= 0.6 is 0 Å². The van der Waals surface area contributed by atoms with Crippen LogP contribution in [-0.4, -0.2) is 19.0 Å². The third-order valence-electron chi connectivity index (χ3n) is 2.69. The smallest absolute Gasteiger partial charge is 0.0641 e. The highest BCUT2D eigenvalue weighted by atomic mass is 15.1. The molecule has 0 aliphatic rings. The van der Waals surface area contributed by atoms with E-state index in [1.165, 1.54) is 16.7 Å². The Kier molecular flexibility index (Phi) is 3.88. The highest BCUT2D eigenvalue weighted by molar-refractivity contribution is 5.33. The van der Waals surface area contributed by atoms with Gasteiger partial charge in [-0.2, -0.15) is 5.26 Å². The molecule has 2 heteroatoms. The maximum absolute atomic E-state index is 8.82. The van der Waals surface area contributed by atoms with Crippen molar-refractivity contribution < 1.29 is 0 Å². The predicted molar refractivity (Wildman–Crippen MR) is 62.6 cm³/mol. The maximum Gasteiger partial charge on any atom is 0.0641 e. The van der Waals surface area contributed by atoms with Gasteiger partial charge in [0.05, 0.1) is 12.5 Å². The number of nitrogens with zero attached hydrogens (tertiary/aromatic N) is 2. The molecule has 0 heterocycles. The molecule has 0 bridgehead atoms. The molecule has 1 aromatic rings. The summed E-state index contributed by atoms with van der Waals surface area (Å²) in [6.45, 7) is 4.20. The predicted octanol–water partition coefficient (Wildman–Crippen LogP) is 2.82. The summed E-state index contributed by atoms with van der Waals surface area (Å²) in [7, 11) is 4.03. The van der Waals surface area contributed by atoms with Crippen molar-refractivity contribution in [1.29, 1.82) is 5.26 Å². The first-order valence-electron chi connectivity index (χ1n) is 5.16. The topological polar surface area (TPSA) is 27.0 Å². The van der Waals surface area contributed by atoms with E-state index in [0.717, 1.165) is 0 Å². The molecule has 80 valence electrons. The fourth-order valence-electron chi connectivity index (χ4n) is 1.86. The second-order valence-corrected chi connectivity index (χ2v) is 4.20. The second kappa shape index (κ2) is 4.95. The number of hydrogen-bond acceptors (Lipinski definition) is 2. The van der Waals surface area contributed by atoms with Crippen molar-refractivity contribution in [2.45, 2.75) is 26.3 Å². The summed E-state index contributed by atoms with van der Waals surface area (Å²) in [5.41, 5.74) is 3.79. The van der Waals surface area contributed by atoms with E-state index in [1.54, 1.807) is 0 Å². The van der Waals surface area contributed by atoms with Crippen molar-refractivity contribution in [3.63, 3.8) is 0 Å². The van der Waals surface area contributed by atoms with E-state index >= 15 is 0 Å². The summed E-state index contributed by atoms with van der Waals surface area (Å²) in [6.07, 6.45) is 0.539. The van der Waals surface area contributed by atoms with Crippen LogP contribution in [0.4, 0.5) is 0 Å². The van der Waals surface area contributed by atoms with Gasteiger partial charge < -0.3 is 4.90 Å². The van der Waals surface area contributed by atoms with Gasteiger partial charge in [0.2, 0.25) is 0 Å². The summed E-state index contributed by atoms with van der Waals surface area (Å²) in [4.78, 5) is 2.10. The number of rotatable bonds is 3. The Bertz CT molecular complexity index is 375. The Hall–Kier alpha value is -1.33. The summed E-state index contributed by atoms with van der Waals surface area (Å²) in [5.74, 6) is 0.